The molecule has 0 radical (unpaired) electrons. The number of nitrogens with zero attached hydrogens (tertiary/aromatic N) is 2. The zero-order chi connectivity index (χ0) is 13.7. The van der Waals surface area contributed by atoms with E-state index in [9.17, 15) is 0 Å². The lowest BCUT2D eigenvalue weighted by Gasteiger charge is -2.21. The fourth-order valence-corrected chi connectivity index (χ4v) is 2.91. The standard InChI is InChI=1S/C14H21N3OS/c1-11(2)14(13-5-4-8-19-13)16-12-9-15-17(10-12)6-7-18-3/h4-5,8-11,14,16H,6-7H2,1-3H3. The Kier molecular flexibility index (Phi) is 4.99. The molecule has 0 fully saturated rings. The van der Waals surface area contributed by atoms with Gasteiger partial charge in [-0.25, -0.2) is 0 Å². The van der Waals surface area contributed by atoms with Gasteiger partial charge in [0.05, 0.1) is 31.1 Å². The Morgan fingerprint density at radius 1 is 1.47 bits per heavy atom. The van der Waals surface area contributed by atoms with E-state index in [1.54, 1.807) is 18.4 Å². The van der Waals surface area contributed by atoms with Crippen molar-refractivity contribution in [2.45, 2.75) is 26.4 Å². The van der Waals surface area contributed by atoms with Crippen LogP contribution in [-0.4, -0.2) is 23.5 Å². The van der Waals surface area contributed by atoms with Crippen LogP contribution in [-0.2, 0) is 11.3 Å². The second kappa shape index (κ2) is 6.73. The van der Waals surface area contributed by atoms with Crippen LogP contribution in [0.1, 0.15) is 24.8 Å². The predicted octanol–water partition coefficient (Wildman–Crippen LogP) is 3.40. The molecule has 2 heterocycles. The summed E-state index contributed by atoms with van der Waals surface area (Å²) in [6.07, 6.45) is 3.90. The lowest BCUT2D eigenvalue weighted by molar-refractivity contribution is 0.183. The lowest BCUT2D eigenvalue weighted by atomic mass is 10.0. The Balaban J connectivity index is 2.03. The number of nitrogens with one attached hydrogen (secondary N) is 1. The van der Waals surface area contributed by atoms with Gasteiger partial charge in [0.2, 0.25) is 0 Å². The first kappa shape index (κ1) is 14.1. The molecule has 2 aromatic rings. The third-order valence-electron chi connectivity index (χ3n) is 3.00. The second-order valence-electron chi connectivity index (χ2n) is 4.87. The van der Waals surface area contributed by atoms with Gasteiger partial charge in [0.15, 0.2) is 0 Å². The average Bonchev–Trinajstić information content (AvgIpc) is 3.04. The minimum atomic E-state index is 0.333. The van der Waals surface area contributed by atoms with Gasteiger partial charge >= 0.3 is 0 Å². The van der Waals surface area contributed by atoms with Gasteiger partial charge in [-0.05, 0) is 17.4 Å². The Morgan fingerprint density at radius 3 is 2.95 bits per heavy atom. The topological polar surface area (TPSA) is 39.1 Å². The molecule has 0 saturated carbocycles. The summed E-state index contributed by atoms with van der Waals surface area (Å²) >= 11 is 1.79. The summed E-state index contributed by atoms with van der Waals surface area (Å²) in [5.41, 5.74) is 1.06. The van der Waals surface area contributed by atoms with Crippen molar-refractivity contribution >= 4 is 17.0 Å². The highest BCUT2D eigenvalue weighted by atomic mass is 32.1. The normalized spacial score (nSPS) is 12.8. The van der Waals surface area contributed by atoms with Crippen LogP contribution in [0.3, 0.4) is 0 Å². The van der Waals surface area contributed by atoms with Crippen molar-refractivity contribution in [3.8, 4) is 0 Å². The summed E-state index contributed by atoms with van der Waals surface area (Å²) in [6.45, 7) is 5.92. The van der Waals surface area contributed by atoms with Crippen molar-refractivity contribution in [3.05, 3.63) is 34.8 Å². The van der Waals surface area contributed by atoms with Crippen molar-refractivity contribution in [2.75, 3.05) is 19.0 Å². The minimum Gasteiger partial charge on any atom is -0.383 e. The predicted molar refractivity (Wildman–Crippen MR) is 79.6 cm³/mol. The quantitative estimate of drug-likeness (QED) is 0.844. The average molecular weight is 279 g/mol. The van der Waals surface area contributed by atoms with E-state index in [-0.39, 0.29) is 0 Å². The molecule has 0 spiro atoms. The number of rotatable bonds is 7. The van der Waals surface area contributed by atoms with E-state index in [4.69, 9.17) is 4.74 Å². The van der Waals surface area contributed by atoms with Gasteiger partial charge in [0.1, 0.15) is 0 Å². The van der Waals surface area contributed by atoms with Crippen LogP contribution in [0.4, 0.5) is 5.69 Å². The van der Waals surface area contributed by atoms with Crippen LogP contribution in [0.5, 0.6) is 0 Å². The molecule has 0 aliphatic rings. The number of aromatic nitrogens is 2. The molecule has 2 rings (SSSR count). The molecule has 5 heteroatoms. The van der Waals surface area contributed by atoms with Crippen LogP contribution >= 0.6 is 11.3 Å². The maximum Gasteiger partial charge on any atom is 0.0731 e. The Bertz CT molecular complexity index is 479. The maximum absolute atomic E-state index is 5.05. The first-order valence-corrected chi connectivity index (χ1v) is 7.40. The molecule has 19 heavy (non-hydrogen) atoms. The first-order valence-electron chi connectivity index (χ1n) is 6.52. The molecule has 1 unspecified atom stereocenters. The molecule has 0 bridgehead atoms. The zero-order valence-corrected chi connectivity index (χ0v) is 12.5. The Labute approximate surface area is 118 Å². The lowest BCUT2D eigenvalue weighted by Crippen LogP contribution is -2.15. The highest BCUT2D eigenvalue weighted by Gasteiger charge is 2.17. The van der Waals surface area contributed by atoms with Crippen molar-refractivity contribution in [2.24, 2.45) is 5.92 Å². The van der Waals surface area contributed by atoms with Crippen LogP contribution in [0.25, 0.3) is 0 Å². The fourth-order valence-electron chi connectivity index (χ4n) is 1.96. The number of methoxy groups -OCH3 is 1. The van der Waals surface area contributed by atoms with Crippen molar-refractivity contribution in [1.29, 1.82) is 0 Å². The largest absolute Gasteiger partial charge is 0.383 e. The van der Waals surface area contributed by atoms with E-state index in [0.29, 0.717) is 18.6 Å². The summed E-state index contributed by atoms with van der Waals surface area (Å²) in [4.78, 5) is 1.36. The highest BCUT2D eigenvalue weighted by molar-refractivity contribution is 7.10. The van der Waals surface area contributed by atoms with E-state index in [2.05, 4.69) is 41.8 Å². The number of thiophene rings is 1. The van der Waals surface area contributed by atoms with E-state index < -0.39 is 0 Å². The summed E-state index contributed by atoms with van der Waals surface area (Å²) in [7, 11) is 1.70. The smallest absolute Gasteiger partial charge is 0.0731 e. The molecular weight excluding hydrogens is 258 g/mol. The number of ether oxygens (including phenoxy) is 1. The zero-order valence-electron chi connectivity index (χ0n) is 11.7. The van der Waals surface area contributed by atoms with Crippen LogP contribution in [0, 0.1) is 5.92 Å². The minimum absolute atomic E-state index is 0.333. The molecule has 4 nitrogen and oxygen atoms in total. The number of anilines is 1. The summed E-state index contributed by atoms with van der Waals surface area (Å²) in [6, 6.07) is 4.61. The molecule has 0 aromatic carbocycles. The van der Waals surface area contributed by atoms with Gasteiger partial charge in [-0.15, -0.1) is 11.3 Å². The summed E-state index contributed by atoms with van der Waals surface area (Å²) < 4.78 is 6.95. The van der Waals surface area contributed by atoms with Crippen LogP contribution < -0.4 is 5.32 Å². The summed E-state index contributed by atoms with van der Waals surface area (Å²) in [5.74, 6) is 0.529. The van der Waals surface area contributed by atoms with Crippen molar-refractivity contribution in [1.82, 2.24) is 9.78 Å². The van der Waals surface area contributed by atoms with Gasteiger partial charge < -0.3 is 10.1 Å². The third kappa shape index (κ3) is 3.81. The molecule has 1 atom stereocenters. The van der Waals surface area contributed by atoms with E-state index in [1.807, 2.05) is 17.1 Å². The van der Waals surface area contributed by atoms with Gasteiger partial charge in [-0.1, -0.05) is 19.9 Å². The monoisotopic (exact) mass is 279 g/mol. The van der Waals surface area contributed by atoms with Crippen molar-refractivity contribution in [3.63, 3.8) is 0 Å². The number of hydrogen-bond acceptors (Lipinski definition) is 4. The van der Waals surface area contributed by atoms with E-state index in [1.165, 1.54) is 4.88 Å². The van der Waals surface area contributed by atoms with Gasteiger partial charge in [-0.2, -0.15) is 5.10 Å². The first-order chi connectivity index (χ1) is 9.20. The van der Waals surface area contributed by atoms with Gasteiger partial charge in [0.25, 0.3) is 0 Å². The Hall–Kier alpha value is -1.33. The van der Waals surface area contributed by atoms with Gasteiger partial charge in [-0.3, -0.25) is 4.68 Å². The third-order valence-corrected chi connectivity index (χ3v) is 3.95. The second-order valence-corrected chi connectivity index (χ2v) is 5.85. The van der Waals surface area contributed by atoms with E-state index in [0.717, 1.165) is 12.2 Å². The highest BCUT2D eigenvalue weighted by Crippen LogP contribution is 2.29. The molecular formula is C14H21N3OS. The van der Waals surface area contributed by atoms with E-state index >= 15 is 0 Å². The molecule has 0 saturated heterocycles. The molecule has 0 amide bonds. The summed E-state index contributed by atoms with van der Waals surface area (Å²) in [5, 5.41) is 10.0. The maximum atomic E-state index is 5.05. The molecule has 1 N–H and O–H groups in total. The molecule has 0 aliphatic carbocycles. The van der Waals surface area contributed by atoms with Crippen LogP contribution in [0.2, 0.25) is 0 Å². The molecule has 2 aromatic heterocycles. The van der Waals surface area contributed by atoms with Crippen molar-refractivity contribution < 1.29 is 4.74 Å². The molecule has 104 valence electrons. The van der Waals surface area contributed by atoms with Crippen LogP contribution in [0.15, 0.2) is 29.9 Å². The Morgan fingerprint density at radius 2 is 2.32 bits per heavy atom. The SMILES string of the molecule is COCCn1cc(NC(c2cccs2)C(C)C)cn1. The fraction of sp³-hybridized carbons (Fsp3) is 0.500. The van der Waals surface area contributed by atoms with Gasteiger partial charge in [0, 0.05) is 18.2 Å². The number of hydrogen-bond donors (Lipinski definition) is 1. The molecule has 0 aliphatic heterocycles.